The summed E-state index contributed by atoms with van der Waals surface area (Å²) in [5.74, 6) is 0.329. The Kier molecular flexibility index (Phi) is 5.05. The molecular weight excluding hydrogens is 240 g/mol. The largest absolute Gasteiger partial charge is 0.508 e. The van der Waals surface area contributed by atoms with E-state index in [0.29, 0.717) is 0 Å². The molecule has 106 valence electrons. The van der Waals surface area contributed by atoms with Crippen LogP contribution < -0.4 is 5.32 Å². The summed E-state index contributed by atoms with van der Waals surface area (Å²) in [4.78, 5) is 2.43. The minimum absolute atomic E-state index is 0.121. The zero-order valence-corrected chi connectivity index (χ0v) is 11.6. The molecule has 0 aliphatic carbocycles. The average Bonchev–Trinajstić information content (AvgIpc) is 2.42. The van der Waals surface area contributed by atoms with Gasteiger partial charge < -0.3 is 15.5 Å². The number of hydrogen-bond acceptors (Lipinski definition) is 4. The fourth-order valence-electron chi connectivity index (χ4n) is 2.74. The van der Waals surface area contributed by atoms with Crippen molar-refractivity contribution in [1.29, 1.82) is 0 Å². The van der Waals surface area contributed by atoms with E-state index in [1.54, 1.807) is 6.07 Å². The highest BCUT2D eigenvalue weighted by molar-refractivity contribution is 5.40. The minimum atomic E-state index is 0.121. The number of unbranched alkanes of at least 4 members (excludes halogenated alkanes) is 1. The normalized spacial score (nSPS) is 18.4. The van der Waals surface area contributed by atoms with Crippen LogP contribution in [0.1, 0.15) is 37.8 Å². The molecule has 1 aromatic carbocycles. The minimum Gasteiger partial charge on any atom is -0.508 e. The third-order valence-corrected chi connectivity index (χ3v) is 3.80. The van der Waals surface area contributed by atoms with E-state index in [-0.39, 0.29) is 17.5 Å². The van der Waals surface area contributed by atoms with E-state index in [4.69, 9.17) is 0 Å². The molecule has 1 aliphatic rings. The van der Waals surface area contributed by atoms with Crippen LogP contribution in [0.5, 0.6) is 11.5 Å². The highest BCUT2D eigenvalue weighted by atomic mass is 16.3. The van der Waals surface area contributed by atoms with Crippen LogP contribution in [0.4, 0.5) is 0 Å². The van der Waals surface area contributed by atoms with Crippen LogP contribution in [0.15, 0.2) is 18.2 Å². The molecule has 0 radical (unpaired) electrons. The van der Waals surface area contributed by atoms with Crippen LogP contribution in [0.3, 0.4) is 0 Å². The van der Waals surface area contributed by atoms with Crippen LogP contribution in [-0.4, -0.2) is 41.3 Å². The average molecular weight is 264 g/mol. The molecule has 0 amide bonds. The molecule has 1 atom stereocenters. The third-order valence-electron chi connectivity index (χ3n) is 3.80. The number of piperazine rings is 1. The van der Waals surface area contributed by atoms with Gasteiger partial charge in [0.15, 0.2) is 0 Å². The van der Waals surface area contributed by atoms with E-state index in [1.165, 1.54) is 6.07 Å². The Bertz CT molecular complexity index is 403. The van der Waals surface area contributed by atoms with Crippen LogP contribution in [0.25, 0.3) is 0 Å². The van der Waals surface area contributed by atoms with Crippen molar-refractivity contribution in [1.82, 2.24) is 10.2 Å². The molecule has 0 aromatic heterocycles. The van der Waals surface area contributed by atoms with Gasteiger partial charge in [-0.1, -0.05) is 25.8 Å². The van der Waals surface area contributed by atoms with Gasteiger partial charge >= 0.3 is 0 Å². The number of nitrogens with one attached hydrogen (secondary N) is 1. The van der Waals surface area contributed by atoms with E-state index < -0.39 is 0 Å². The lowest BCUT2D eigenvalue weighted by Crippen LogP contribution is -2.45. The maximum atomic E-state index is 10.1. The predicted octanol–water partition coefficient (Wildman–Crippen LogP) is 2.23. The second kappa shape index (κ2) is 6.78. The first-order valence-electron chi connectivity index (χ1n) is 7.19. The number of phenolic OH excluding ortho intramolecular Hbond substituents is 2. The topological polar surface area (TPSA) is 55.7 Å². The maximum absolute atomic E-state index is 10.1. The molecule has 1 aromatic rings. The van der Waals surface area contributed by atoms with Crippen molar-refractivity contribution >= 4 is 0 Å². The second-order valence-corrected chi connectivity index (χ2v) is 5.19. The van der Waals surface area contributed by atoms with E-state index in [1.807, 2.05) is 6.07 Å². The summed E-state index contributed by atoms with van der Waals surface area (Å²) >= 11 is 0. The summed E-state index contributed by atoms with van der Waals surface area (Å²) < 4.78 is 0. The lowest BCUT2D eigenvalue weighted by atomic mass is 9.97. The quantitative estimate of drug-likeness (QED) is 0.763. The van der Waals surface area contributed by atoms with Gasteiger partial charge in [0, 0.05) is 43.9 Å². The summed E-state index contributed by atoms with van der Waals surface area (Å²) in [7, 11) is 0. The molecule has 19 heavy (non-hydrogen) atoms. The first-order valence-corrected chi connectivity index (χ1v) is 7.19. The van der Waals surface area contributed by atoms with E-state index in [2.05, 4.69) is 17.1 Å². The lowest BCUT2D eigenvalue weighted by Gasteiger charge is -2.35. The monoisotopic (exact) mass is 264 g/mol. The summed E-state index contributed by atoms with van der Waals surface area (Å²) in [5, 5.41) is 22.9. The standard InChI is InChI=1S/C15H24N2O2/c1-2-3-4-14(17-9-7-16-8-10-17)13-6-5-12(18)11-15(13)19/h5-6,11,14,16,18-19H,2-4,7-10H2,1H3/t14-/m0/s1. The van der Waals surface area contributed by atoms with Gasteiger partial charge in [-0.3, -0.25) is 4.90 Å². The predicted molar refractivity (Wildman–Crippen MR) is 76.5 cm³/mol. The first-order chi connectivity index (χ1) is 9.22. The van der Waals surface area contributed by atoms with Crippen LogP contribution in [0.2, 0.25) is 0 Å². The Balaban J connectivity index is 2.19. The second-order valence-electron chi connectivity index (χ2n) is 5.19. The smallest absolute Gasteiger partial charge is 0.124 e. The molecule has 0 bridgehead atoms. The van der Waals surface area contributed by atoms with Gasteiger partial charge in [0.05, 0.1) is 0 Å². The van der Waals surface area contributed by atoms with Crippen molar-refractivity contribution in [2.45, 2.75) is 32.2 Å². The SMILES string of the molecule is CCCC[C@@H](c1ccc(O)cc1O)N1CCNCC1. The molecular formula is C15H24N2O2. The highest BCUT2D eigenvalue weighted by Crippen LogP contribution is 2.34. The van der Waals surface area contributed by atoms with Crippen molar-refractivity contribution < 1.29 is 10.2 Å². The first kappa shape index (κ1) is 14.2. The van der Waals surface area contributed by atoms with Crippen LogP contribution in [-0.2, 0) is 0 Å². The van der Waals surface area contributed by atoms with Crippen molar-refractivity contribution in [3.05, 3.63) is 23.8 Å². The zero-order valence-electron chi connectivity index (χ0n) is 11.6. The van der Waals surface area contributed by atoms with Crippen molar-refractivity contribution in [3.63, 3.8) is 0 Å². The van der Waals surface area contributed by atoms with Gasteiger partial charge in [-0.25, -0.2) is 0 Å². The van der Waals surface area contributed by atoms with Gasteiger partial charge in [0.2, 0.25) is 0 Å². The lowest BCUT2D eigenvalue weighted by molar-refractivity contribution is 0.160. The Hall–Kier alpha value is -1.26. The molecule has 1 aliphatic heterocycles. The highest BCUT2D eigenvalue weighted by Gasteiger charge is 2.23. The van der Waals surface area contributed by atoms with Gasteiger partial charge in [-0.15, -0.1) is 0 Å². The Morgan fingerprint density at radius 1 is 1.26 bits per heavy atom. The zero-order chi connectivity index (χ0) is 13.7. The molecule has 4 nitrogen and oxygen atoms in total. The number of benzene rings is 1. The Labute approximate surface area is 115 Å². The maximum Gasteiger partial charge on any atom is 0.124 e. The van der Waals surface area contributed by atoms with Crippen molar-refractivity contribution in [2.24, 2.45) is 0 Å². The summed E-state index contributed by atoms with van der Waals surface area (Å²) in [6.45, 7) is 6.21. The molecule has 3 N–H and O–H groups in total. The van der Waals surface area contributed by atoms with Crippen molar-refractivity contribution in [3.8, 4) is 11.5 Å². The summed E-state index contributed by atoms with van der Waals surface area (Å²) in [5.41, 5.74) is 0.938. The third kappa shape index (κ3) is 3.61. The van der Waals surface area contributed by atoms with E-state index in [0.717, 1.165) is 51.0 Å². The van der Waals surface area contributed by atoms with E-state index >= 15 is 0 Å². The fourth-order valence-corrected chi connectivity index (χ4v) is 2.74. The fraction of sp³-hybridized carbons (Fsp3) is 0.600. The Morgan fingerprint density at radius 3 is 2.63 bits per heavy atom. The molecule has 0 unspecified atom stereocenters. The van der Waals surface area contributed by atoms with Crippen LogP contribution >= 0.6 is 0 Å². The number of nitrogens with zero attached hydrogens (tertiary/aromatic N) is 1. The molecule has 1 heterocycles. The van der Waals surface area contributed by atoms with Gasteiger partial charge in [0.1, 0.15) is 11.5 Å². The molecule has 0 saturated carbocycles. The number of phenols is 2. The van der Waals surface area contributed by atoms with Crippen LogP contribution in [0, 0.1) is 0 Å². The summed E-state index contributed by atoms with van der Waals surface area (Å²) in [6, 6.07) is 5.21. The van der Waals surface area contributed by atoms with Gasteiger partial charge in [0.25, 0.3) is 0 Å². The van der Waals surface area contributed by atoms with E-state index in [9.17, 15) is 10.2 Å². The molecule has 0 spiro atoms. The molecule has 2 rings (SSSR count). The molecule has 1 fully saturated rings. The van der Waals surface area contributed by atoms with Gasteiger partial charge in [-0.05, 0) is 12.5 Å². The molecule has 4 heteroatoms. The Morgan fingerprint density at radius 2 is 2.00 bits per heavy atom. The molecule has 1 saturated heterocycles. The number of aromatic hydroxyl groups is 2. The number of rotatable bonds is 5. The van der Waals surface area contributed by atoms with Gasteiger partial charge in [-0.2, -0.15) is 0 Å². The van der Waals surface area contributed by atoms with Crippen molar-refractivity contribution in [2.75, 3.05) is 26.2 Å². The summed E-state index contributed by atoms with van der Waals surface area (Å²) in [6.07, 6.45) is 3.35. The number of hydrogen-bond donors (Lipinski definition) is 3.